The quantitative estimate of drug-likeness (QED) is 0.509. The maximum atomic E-state index is 10.4. The molecule has 0 bridgehead atoms. The van der Waals surface area contributed by atoms with Gasteiger partial charge in [0.15, 0.2) is 5.01 Å². The van der Waals surface area contributed by atoms with Crippen molar-refractivity contribution in [1.29, 1.82) is 5.26 Å². The number of nitrogens with two attached hydrogens (primary N) is 1. The minimum absolute atomic E-state index is 0.415. The number of nitrogen functional groups attached to an aromatic ring is 1. The summed E-state index contributed by atoms with van der Waals surface area (Å²) in [5, 5.41) is 16.5. The predicted octanol–water partition coefficient (Wildman–Crippen LogP) is 4.28. The third-order valence-electron chi connectivity index (χ3n) is 4.77. The van der Waals surface area contributed by atoms with Crippen molar-refractivity contribution in [3.63, 3.8) is 0 Å². The number of benzene rings is 3. The third-order valence-corrected chi connectivity index (χ3v) is 10.3. The first kappa shape index (κ1) is 18.4. The van der Waals surface area contributed by atoms with Gasteiger partial charge in [0, 0.05) is 5.38 Å². The Hall–Kier alpha value is -2.99. The summed E-state index contributed by atoms with van der Waals surface area (Å²) in [6, 6.07) is 33.7. The van der Waals surface area contributed by atoms with Gasteiger partial charge < -0.3 is 5.73 Å². The van der Waals surface area contributed by atoms with E-state index < -0.39 is 12.9 Å². The number of hydrogen-bond acceptors (Lipinski definition) is 4. The van der Waals surface area contributed by atoms with E-state index in [2.05, 4.69) is 47.5 Å². The molecule has 3 aromatic carbocycles. The molecule has 1 atom stereocenters. The molecule has 0 aliphatic rings. The molecule has 136 valence electrons. The maximum Gasteiger partial charge on any atom is 0.219 e. The normalized spacial score (nSPS) is 12.2. The molecule has 0 saturated carbocycles. The van der Waals surface area contributed by atoms with Crippen molar-refractivity contribution in [2.24, 2.45) is 0 Å². The van der Waals surface area contributed by atoms with Crippen LogP contribution in [-0.2, 0) is 0 Å². The topological polar surface area (TPSA) is 62.7 Å². The van der Waals surface area contributed by atoms with Crippen LogP contribution in [0.25, 0.3) is 0 Å². The number of nitrogens with zero attached hydrogens (tertiary/aromatic N) is 2. The van der Waals surface area contributed by atoms with E-state index >= 15 is 0 Å². The first-order valence-corrected chi connectivity index (χ1v) is 11.7. The van der Waals surface area contributed by atoms with Crippen molar-refractivity contribution >= 4 is 40.3 Å². The Labute approximate surface area is 169 Å². The number of nitriles is 1. The monoisotopic (exact) mass is 400 g/mol. The lowest BCUT2D eigenvalue weighted by molar-refractivity contribution is 1.15. The van der Waals surface area contributed by atoms with Crippen molar-refractivity contribution in [3.05, 3.63) is 101 Å². The molecule has 28 heavy (non-hydrogen) atoms. The zero-order valence-corrected chi connectivity index (χ0v) is 16.9. The van der Waals surface area contributed by atoms with Crippen molar-refractivity contribution < 1.29 is 0 Å². The van der Waals surface area contributed by atoms with E-state index in [1.54, 1.807) is 0 Å². The molecule has 3 nitrogen and oxygen atoms in total. The molecule has 5 heteroatoms. The summed E-state index contributed by atoms with van der Waals surface area (Å²) in [5.41, 5.74) is 5.52. The van der Waals surface area contributed by atoms with Gasteiger partial charge in [-0.3, -0.25) is 0 Å². The number of aromatic nitrogens is 1. The van der Waals surface area contributed by atoms with Gasteiger partial charge in [-0.1, -0.05) is 54.6 Å². The van der Waals surface area contributed by atoms with Gasteiger partial charge in [-0.05, 0) is 36.4 Å². The predicted molar refractivity (Wildman–Crippen MR) is 120 cm³/mol. The highest BCUT2D eigenvalue weighted by molar-refractivity contribution is 7.96. The SMILES string of the molecule is N#CC(c1nc(N)cs1)[P+](c1ccccc1)(c1ccccc1)c1ccccc1. The zero-order chi connectivity index (χ0) is 19.4. The minimum atomic E-state index is -2.34. The van der Waals surface area contributed by atoms with Crippen LogP contribution in [0.3, 0.4) is 0 Å². The van der Waals surface area contributed by atoms with Gasteiger partial charge in [-0.15, -0.1) is 11.3 Å². The zero-order valence-electron chi connectivity index (χ0n) is 15.1. The molecule has 1 unspecified atom stereocenters. The van der Waals surface area contributed by atoms with E-state index in [1.807, 2.05) is 60.0 Å². The van der Waals surface area contributed by atoms with E-state index in [4.69, 9.17) is 5.73 Å². The van der Waals surface area contributed by atoms with E-state index in [-0.39, 0.29) is 0 Å². The van der Waals surface area contributed by atoms with E-state index in [0.717, 1.165) is 20.9 Å². The molecule has 0 spiro atoms. The Morgan fingerprint density at radius 3 is 1.54 bits per heavy atom. The van der Waals surface area contributed by atoms with E-state index in [0.29, 0.717) is 5.82 Å². The smallest absolute Gasteiger partial charge is 0.219 e. The number of rotatable bonds is 5. The Balaban J connectivity index is 2.11. The molecular weight excluding hydrogens is 381 g/mol. The van der Waals surface area contributed by atoms with Crippen molar-refractivity contribution in [2.45, 2.75) is 5.66 Å². The van der Waals surface area contributed by atoms with Crippen LogP contribution in [0.5, 0.6) is 0 Å². The Morgan fingerprint density at radius 2 is 1.21 bits per heavy atom. The lowest BCUT2D eigenvalue weighted by Crippen LogP contribution is -2.34. The average molecular weight is 400 g/mol. The van der Waals surface area contributed by atoms with Gasteiger partial charge >= 0.3 is 0 Å². The number of hydrogen-bond donors (Lipinski definition) is 1. The standard InChI is InChI=1S/C23H19N3PS/c24-16-21(23-26-22(25)17-28-23)27(18-10-4-1-5-11-18,19-12-6-2-7-13-19)20-14-8-3-9-15-20/h1-15,17,21H,25H2/q+1. The van der Waals surface area contributed by atoms with Gasteiger partial charge in [0.2, 0.25) is 5.66 Å². The van der Waals surface area contributed by atoms with Crippen LogP contribution in [0, 0.1) is 11.3 Å². The van der Waals surface area contributed by atoms with Crippen LogP contribution < -0.4 is 21.6 Å². The van der Waals surface area contributed by atoms with Gasteiger partial charge in [-0.25, -0.2) is 4.98 Å². The molecule has 0 radical (unpaired) electrons. The van der Waals surface area contributed by atoms with Crippen LogP contribution in [0.1, 0.15) is 10.7 Å². The van der Waals surface area contributed by atoms with Crippen molar-refractivity contribution in [1.82, 2.24) is 4.98 Å². The summed E-state index contributed by atoms with van der Waals surface area (Å²) >= 11 is 1.46. The van der Waals surface area contributed by atoms with Crippen LogP contribution >= 0.6 is 18.6 Å². The highest BCUT2D eigenvalue weighted by atomic mass is 32.1. The van der Waals surface area contributed by atoms with E-state index in [1.165, 1.54) is 11.3 Å². The number of anilines is 1. The first-order valence-electron chi connectivity index (χ1n) is 8.93. The van der Waals surface area contributed by atoms with Crippen LogP contribution in [0.15, 0.2) is 96.4 Å². The molecule has 0 fully saturated rings. The van der Waals surface area contributed by atoms with Crippen molar-refractivity contribution in [2.75, 3.05) is 5.73 Å². The van der Waals surface area contributed by atoms with Crippen molar-refractivity contribution in [3.8, 4) is 6.07 Å². The summed E-state index contributed by atoms with van der Waals surface area (Å²) in [5.74, 6) is 0.465. The summed E-state index contributed by atoms with van der Waals surface area (Å²) in [6.45, 7) is 0. The highest BCUT2D eigenvalue weighted by Gasteiger charge is 2.54. The molecule has 1 heterocycles. The average Bonchev–Trinajstić information content (AvgIpc) is 3.19. The summed E-state index contributed by atoms with van der Waals surface area (Å²) in [6.07, 6.45) is 0. The Bertz CT molecular complexity index is 992. The Morgan fingerprint density at radius 1 is 0.786 bits per heavy atom. The molecule has 0 amide bonds. The van der Waals surface area contributed by atoms with Gasteiger partial charge in [0.25, 0.3) is 0 Å². The largest absolute Gasteiger partial charge is 0.383 e. The van der Waals surface area contributed by atoms with Crippen LogP contribution in [0.2, 0.25) is 0 Å². The molecule has 4 rings (SSSR count). The highest BCUT2D eigenvalue weighted by Crippen LogP contribution is 2.66. The fraction of sp³-hybridized carbons (Fsp3) is 0.0435. The maximum absolute atomic E-state index is 10.4. The lowest BCUT2D eigenvalue weighted by atomic mass is 10.3. The molecule has 0 aliphatic heterocycles. The first-order chi connectivity index (χ1) is 13.8. The van der Waals surface area contributed by atoms with Crippen LogP contribution in [0.4, 0.5) is 5.82 Å². The lowest BCUT2D eigenvalue weighted by Gasteiger charge is -2.30. The summed E-state index contributed by atoms with van der Waals surface area (Å²) < 4.78 is 0. The third kappa shape index (κ3) is 3.10. The molecule has 2 N–H and O–H groups in total. The van der Waals surface area contributed by atoms with Gasteiger partial charge in [-0.2, -0.15) is 5.26 Å². The molecule has 0 saturated heterocycles. The molecular formula is C23H19N3PS+. The van der Waals surface area contributed by atoms with Crippen LogP contribution in [-0.4, -0.2) is 4.98 Å². The molecule has 0 aliphatic carbocycles. The number of thiazole rings is 1. The molecule has 1 aromatic heterocycles. The van der Waals surface area contributed by atoms with E-state index in [9.17, 15) is 5.26 Å². The summed E-state index contributed by atoms with van der Waals surface area (Å²) in [4.78, 5) is 4.53. The summed E-state index contributed by atoms with van der Waals surface area (Å²) in [7, 11) is -2.34. The second kappa shape index (κ2) is 7.94. The second-order valence-electron chi connectivity index (χ2n) is 6.37. The fourth-order valence-corrected chi connectivity index (χ4v) is 9.19. The fourth-order valence-electron chi connectivity index (χ4n) is 3.62. The van der Waals surface area contributed by atoms with Gasteiger partial charge in [0.1, 0.15) is 35.1 Å². The van der Waals surface area contributed by atoms with Gasteiger partial charge in [0.05, 0.1) is 0 Å². The Kier molecular flexibility index (Phi) is 5.21. The minimum Gasteiger partial charge on any atom is -0.383 e. The molecule has 4 aromatic rings. The second-order valence-corrected chi connectivity index (χ2v) is 10.8.